The zero-order chi connectivity index (χ0) is 17.6. The summed E-state index contributed by atoms with van der Waals surface area (Å²) in [5.41, 5.74) is 1.03. The number of non-ortho nitro benzene ring substituents is 1. The van der Waals surface area contributed by atoms with Crippen LogP contribution >= 0.6 is 0 Å². The van der Waals surface area contributed by atoms with Crippen LogP contribution in [0.4, 0.5) is 5.69 Å². The van der Waals surface area contributed by atoms with Crippen molar-refractivity contribution in [2.75, 3.05) is 6.61 Å². The molecule has 0 spiro atoms. The van der Waals surface area contributed by atoms with Crippen molar-refractivity contribution in [2.24, 2.45) is 0 Å². The van der Waals surface area contributed by atoms with Gasteiger partial charge in [0.1, 0.15) is 0 Å². The van der Waals surface area contributed by atoms with Crippen LogP contribution in [0.2, 0.25) is 0 Å². The Hall–Kier alpha value is -2.14. The SMILES string of the molecule is CCO[C@H]1C[C@H](c2ccc([N+](=O)[O-])cc2)O/C1=C\[Se]c1ccccc1. The molecular formula is C19H19NO4Se. The monoisotopic (exact) mass is 405 g/mol. The van der Waals surface area contributed by atoms with Gasteiger partial charge in [0.2, 0.25) is 0 Å². The minimum atomic E-state index is -0.393. The van der Waals surface area contributed by atoms with Gasteiger partial charge in [-0.25, -0.2) is 0 Å². The number of nitro groups is 1. The first kappa shape index (κ1) is 17.7. The number of hydrogen-bond donors (Lipinski definition) is 0. The molecule has 0 aromatic heterocycles. The van der Waals surface area contributed by atoms with E-state index in [2.05, 4.69) is 17.1 Å². The third-order valence-electron chi connectivity index (χ3n) is 3.92. The molecule has 1 saturated heterocycles. The molecule has 3 rings (SSSR count). The summed E-state index contributed by atoms with van der Waals surface area (Å²) in [7, 11) is 0. The van der Waals surface area contributed by atoms with Crippen LogP contribution in [0.3, 0.4) is 0 Å². The van der Waals surface area contributed by atoms with Crippen LogP contribution in [0.25, 0.3) is 0 Å². The number of nitro benzene ring substituents is 1. The van der Waals surface area contributed by atoms with Gasteiger partial charge in [0, 0.05) is 0 Å². The van der Waals surface area contributed by atoms with Gasteiger partial charge in [-0.1, -0.05) is 0 Å². The van der Waals surface area contributed by atoms with E-state index in [1.54, 1.807) is 12.1 Å². The van der Waals surface area contributed by atoms with Crippen LogP contribution in [0.1, 0.15) is 25.0 Å². The first-order valence-electron chi connectivity index (χ1n) is 8.11. The van der Waals surface area contributed by atoms with Crippen molar-refractivity contribution in [3.63, 3.8) is 0 Å². The van der Waals surface area contributed by atoms with Crippen molar-refractivity contribution >= 4 is 25.1 Å². The first-order chi connectivity index (χ1) is 12.2. The van der Waals surface area contributed by atoms with Crippen molar-refractivity contribution in [1.29, 1.82) is 0 Å². The van der Waals surface area contributed by atoms with Gasteiger partial charge < -0.3 is 0 Å². The van der Waals surface area contributed by atoms with E-state index >= 15 is 0 Å². The Morgan fingerprint density at radius 1 is 1.24 bits per heavy atom. The molecule has 0 saturated carbocycles. The van der Waals surface area contributed by atoms with Crippen LogP contribution in [0.15, 0.2) is 65.3 Å². The molecule has 25 heavy (non-hydrogen) atoms. The zero-order valence-corrected chi connectivity index (χ0v) is 15.5. The second-order valence-corrected chi connectivity index (χ2v) is 7.56. The van der Waals surface area contributed by atoms with Gasteiger partial charge in [-0.15, -0.1) is 0 Å². The fourth-order valence-corrected chi connectivity index (χ4v) is 4.32. The summed E-state index contributed by atoms with van der Waals surface area (Å²) in [4.78, 5) is 12.5. The first-order valence-corrected chi connectivity index (χ1v) is 9.96. The molecule has 6 heteroatoms. The van der Waals surface area contributed by atoms with E-state index in [1.165, 1.54) is 16.6 Å². The predicted octanol–water partition coefficient (Wildman–Crippen LogP) is 3.33. The maximum atomic E-state index is 10.8. The van der Waals surface area contributed by atoms with Crippen molar-refractivity contribution in [3.05, 3.63) is 81.0 Å². The van der Waals surface area contributed by atoms with E-state index in [0.29, 0.717) is 6.61 Å². The summed E-state index contributed by atoms with van der Waals surface area (Å²) in [5.74, 6) is 0.869. The summed E-state index contributed by atoms with van der Waals surface area (Å²) in [6.07, 6.45) is 0.536. The third-order valence-corrected chi connectivity index (χ3v) is 5.80. The van der Waals surface area contributed by atoms with E-state index in [9.17, 15) is 10.1 Å². The predicted molar refractivity (Wildman–Crippen MR) is 96.9 cm³/mol. The Balaban J connectivity index is 1.74. The molecule has 0 N–H and O–H groups in total. The normalized spacial score (nSPS) is 21.2. The van der Waals surface area contributed by atoms with Crippen LogP contribution in [0.5, 0.6) is 0 Å². The molecule has 2 atom stereocenters. The quantitative estimate of drug-likeness (QED) is 0.421. The van der Waals surface area contributed by atoms with E-state index in [-0.39, 0.29) is 32.9 Å². The Morgan fingerprint density at radius 2 is 1.96 bits per heavy atom. The van der Waals surface area contributed by atoms with Crippen LogP contribution in [-0.4, -0.2) is 32.6 Å². The Labute approximate surface area is 153 Å². The maximum absolute atomic E-state index is 10.8. The van der Waals surface area contributed by atoms with E-state index < -0.39 is 4.92 Å². The molecule has 130 valence electrons. The number of rotatable bonds is 6. The molecule has 2 aromatic carbocycles. The summed E-state index contributed by atoms with van der Waals surface area (Å²) in [6, 6.07) is 16.8. The summed E-state index contributed by atoms with van der Waals surface area (Å²) < 4.78 is 13.2. The molecule has 1 fully saturated rings. The molecule has 1 heterocycles. The summed E-state index contributed by atoms with van der Waals surface area (Å²) in [5, 5.41) is 10.8. The molecule has 0 aliphatic carbocycles. The summed E-state index contributed by atoms with van der Waals surface area (Å²) >= 11 is 0.177. The fraction of sp³-hybridized carbons (Fsp3) is 0.263. The topological polar surface area (TPSA) is 61.6 Å². The average molecular weight is 404 g/mol. The van der Waals surface area contributed by atoms with E-state index in [1.807, 2.05) is 25.1 Å². The molecule has 2 aromatic rings. The average Bonchev–Trinajstić information content (AvgIpc) is 3.04. The van der Waals surface area contributed by atoms with Crippen LogP contribution in [-0.2, 0) is 9.47 Å². The van der Waals surface area contributed by atoms with Crippen LogP contribution < -0.4 is 4.46 Å². The molecule has 0 unspecified atom stereocenters. The molecule has 0 radical (unpaired) electrons. The summed E-state index contributed by atoms with van der Waals surface area (Å²) in [6.45, 7) is 2.59. The number of ether oxygens (including phenoxy) is 2. The number of benzene rings is 2. The second-order valence-electron chi connectivity index (χ2n) is 5.59. The van der Waals surface area contributed by atoms with Gasteiger partial charge in [-0.05, 0) is 0 Å². The Bertz CT molecular complexity index is 746. The van der Waals surface area contributed by atoms with Gasteiger partial charge in [0.05, 0.1) is 0 Å². The third kappa shape index (κ3) is 4.48. The molecule has 5 nitrogen and oxygen atoms in total. The van der Waals surface area contributed by atoms with Gasteiger partial charge >= 0.3 is 153 Å². The molecule has 0 amide bonds. The Kier molecular flexibility index (Phi) is 5.87. The molecule has 0 bridgehead atoms. The fourth-order valence-electron chi connectivity index (χ4n) is 2.69. The van der Waals surface area contributed by atoms with Gasteiger partial charge in [0.25, 0.3) is 0 Å². The van der Waals surface area contributed by atoms with Crippen LogP contribution in [0, 0.1) is 10.1 Å². The van der Waals surface area contributed by atoms with Gasteiger partial charge in [-0.3, -0.25) is 0 Å². The van der Waals surface area contributed by atoms with Crippen molar-refractivity contribution in [1.82, 2.24) is 0 Å². The van der Waals surface area contributed by atoms with E-state index in [4.69, 9.17) is 9.47 Å². The number of hydrogen-bond acceptors (Lipinski definition) is 4. The second kappa shape index (κ2) is 8.30. The van der Waals surface area contributed by atoms with Crippen molar-refractivity contribution < 1.29 is 14.4 Å². The Morgan fingerprint density at radius 3 is 2.60 bits per heavy atom. The standard InChI is InChI=1S/C19H19NO4Se/c1-2-23-18-12-17(14-8-10-15(11-9-14)20(21)22)24-19(18)13-25-16-6-4-3-5-7-16/h3-11,13,17-18H,2,12H2,1H3/b19-13-/t17-,18+/m1/s1. The van der Waals surface area contributed by atoms with E-state index in [0.717, 1.165) is 17.7 Å². The molecular weight excluding hydrogens is 385 g/mol. The van der Waals surface area contributed by atoms with Crippen molar-refractivity contribution in [3.8, 4) is 0 Å². The number of nitrogens with zero attached hydrogens (tertiary/aromatic N) is 1. The minimum absolute atomic E-state index is 0.0595. The van der Waals surface area contributed by atoms with Crippen molar-refractivity contribution in [2.45, 2.75) is 25.6 Å². The van der Waals surface area contributed by atoms with Gasteiger partial charge in [0.15, 0.2) is 0 Å². The zero-order valence-electron chi connectivity index (χ0n) is 13.8. The molecule has 1 aliphatic rings. The van der Waals surface area contributed by atoms with Gasteiger partial charge in [-0.2, -0.15) is 0 Å². The molecule has 1 aliphatic heterocycles.